The number of hydrogen-bond acceptors (Lipinski definition) is 4. The summed E-state index contributed by atoms with van der Waals surface area (Å²) in [6, 6.07) is 9.31. The zero-order valence-corrected chi connectivity index (χ0v) is 14.3. The number of nitrogens with zero attached hydrogens (tertiary/aromatic N) is 1. The lowest BCUT2D eigenvalue weighted by molar-refractivity contribution is 0.0984. The van der Waals surface area contributed by atoms with Crippen molar-refractivity contribution < 1.29 is 14.3 Å². The van der Waals surface area contributed by atoms with Crippen LogP contribution in [0.4, 0.5) is 11.4 Å². The van der Waals surface area contributed by atoms with Crippen LogP contribution in [0.15, 0.2) is 30.3 Å². The maximum absolute atomic E-state index is 13.2. The van der Waals surface area contributed by atoms with Gasteiger partial charge in [0.2, 0.25) is 0 Å². The highest BCUT2D eigenvalue weighted by Gasteiger charge is 2.26. The van der Waals surface area contributed by atoms with Gasteiger partial charge in [0.25, 0.3) is 5.91 Å². The Morgan fingerprint density at radius 3 is 2.58 bits per heavy atom. The van der Waals surface area contributed by atoms with Crippen molar-refractivity contribution in [1.82, 2.24) is 0 Å². The zero-order chi connectivity index (χ0) is 17.3. The summed E-state index contributed by atoms with van der Waals surface area (Å²) < 4.78 is 10.6. The van der Waals surface area contributed by atoms with Crippen LogP contribution in [0.5, 0.6) is 11.5 Å². The lowest BCUT2D eigenvalue weighted by atomic mass is 9.98. The van der Waals surface area contributed by atoms with Crippen LogP contribution in [-0.4, -0.2) is 26.7 Å². The van der Waals surface area contributed by atoms with Crippen molar-refractivity contribution in [1.29, 1.82) is 0 Å². The Morgan fingerprint density at radius 1 is 1.17 bits per heavy atom. The first-order valence-electron chi connectivity index (χ1n) is 7.98. The van der Waals surface area contributed by atoms with E-state index >= 15 is 0 Å². The molecule has 0 radical (unpaired) electrons. The van der Waals surface area contributed by atoms with Gasteiger partial charge in [0.15, 0.2) is 11.5 Å². The number of fused-ring (bicyclic) bond motifs is 1. The number of nitrogen functional groups attached to an aromatic ring is 1. The Balaban J connectivity index is 2.04. The van der Waals surface area contributed by atoms with Crippen LogP contribution in [0.25, 0.3) is 0 Å². The molecule has 2 N–H and O–H groups in total. The SMILES string of the molecule is COc1cc(C)c(C(=O)N2CCCc3c(N)cccc32)cc1OC. The van der Waals surface area contributed by atoms with E-state index in [0.29, 0.717) is 23.6 Å². The number of ether oxygens (including phenoxy) is 2. The van der Waals surface area contributed by atoms with Gasteiger partial charge in [-0.2, -0.15) is 0 Å². The molecule has 0 unspecified atom stereocenters. The Morgan fingerprint density at radius 2 is 1.88 bits per heavy atom. The van der Waals surface area contributed by atoms with E-state index in [-0.39, 0.29) is 5.91 Å². The second kappa shape index (κ2) is 6.43. The van der Waals surface area contributed by atoms with E-state index in [4.69, 9.17) is 15.2 Å². The highest BCUT2D eigenvalue weighted by molar-refractivity contribution is 6.08. The lowest BCUT2D eigenvalue weighted by Gasteiger charge is -2.31. The fourth-order valence-electron chi connectivity index (χ4n) is 3.22. The molecule has 0 bridgehead atoms. The molecule has 0 fully saturated rings. The van der Waals surface area contributed by atoms with E-state index in [1.54, 1.807) is 20.3 Å². The number of methoxy groups -OCH3 is 2. The van der Waals surface area contributed by atoms with Gasteiger partial charge in [0.05, 0.1) is 14.2 Å². The maximum Gasteiger partial charge on any atom is 0.258 e. The molecule has 0 spiro atoms. The molecule has 1 heterocycles. The Bertz CT molecular complexity index is 786. The monoisotopic (exact) mass is 326 g/mol. The molecule has 0 saturated heterocycles. The van der Waals surface area contributed by atoms with Crippen LogP contribution in [0.3, 0.4) is 0 Å². The van der Waals surface area contributed by atoms with E-state index in [1.165, 1.54) is 0 Å². The zero-order valence-electron chi connectivity index (χ0n) is 14.3. The summed E-state index contributed by atoms with van der Waals surface area (Å²) in [5, 5.41) is 0. The van der Waals surface area contributed by atoms with Gasteiger partial charge in [0, 0.05) is 23.5 Å². The second-order valence-corrected chi connectivity index (χ2v) is 5.93. The molecular formula is C19H22N2O3. The average Bonchev–Trinajstić information content (AvgIpc) is 2.60. The molecule has 0 aliphatic carbocycles. The number of nitrogens with two attached hydrogens (primary N) is 1. The maximum atomic E-state index is 13.2. The van der Waals surface area contributed by atoms with Gasteiger partial charge in [-0.15, -0.1) is 0 Å². The summed E-state index contributed by atoms with van der Waals surface area (Å²) >= 11 is 0. The fraction of sp³-hybridized carbons (Fsp3) is 0.316. The molecule has 1 aliphatic rings. The van der Waals surface area contributed by atoms with Crippen molar-refractivity contribution in [2.75, 3.05) is 31.4 Å². The van der Waals surface area contributed by atoms with Gasteiger partial charge >= 0.3 is 0 Å². The molecule has 2 aromatic carbocycles. The molecule has 126 valence electrons. The van der Waals surface area contributed by atoms with Crippen LogP contribution >= 0.6 is 0 Å². The van der Waals surface area contributed by atoms with E-state index < -0.39 is 0 Å². The molecule has 0 aromatic heterocycles. The normalized spacial score (nSPS) is 13.4. The lowest BCUT2D eigenvalue weighted by Crippen LogP contribution is -2.36. The molecular weight excluding hydrogens is 304 g/mol. The number of carbonyl (C=O) groups is 1. The minimum Gasteiger partial charge on any atom is -0.493 e. The highest BCUT2D eigenvalue weighted by Crippen LogP contribution is 2.35. The fourth-order valence-corrected chi connectivity index (χ4v) is 3.22. The second-order valence-electron chi connectivity index (χ2n) is 5.93. The highest BCUT2D eigenvalue weighted by atomic mass is 16.5. The van der Waals surface area contributed by atoms with E-state index in [2.05, 4.69) is 0 Å². The third-order valence-electron chi connectivity index (χ3n) is 4.49. The van der Waals surface area contributed by atoms with Crippen LogP contribution < -0.4 is 20.1 Å². The first-order valence-corrected chi connectivity index (χ1v) is 7.98. The van der Waals surface area contributed by atoms with Crippen LogP contribution in [0.1, 0.15) is 27.9 Å². The van der Waals surface area contributed by atoms with Crippen LogP contribution in [0, 0.1) is 6.92 Å². The summed E-state index contributed by atoms with van der Waals surface area (Å²) in [6.07, 6.45) is 1.80. The van der Waals surface area contributed by atoms with E-state index in [0.717, 1.165) is 35.3 Å². The van der Waals surface area contributed by atoms with Gasteiger partial charge in [-0.3, -0.25) is 4.79 Å². The van der Waals surface area contributed by atoms with Crippen molar-refractivity contribution in [3.8, 4) is 11.5 Å². The summed E-state index contributed by atoms with van der Waals surface area (Å²) in [7, 11) is 3.15. The first kappa shape index (κ1) is 16.2. The Labute approximate surface area is 142 Å². The molecule has 3 rings (SSSR count). The van der Waals surface area contributed by atoms with Gasteiger partial charge in [-0.25, -0.2) is 0 Å². The average molecular weight is 326 g/mol. The molecule has 1 amide bonds. The van der Waals surface area contributed by atoms with E-state index in [9.17, 15) is 4.79 Å². The molecule has 24 heavy (non-hydrogen) atoms. The minimum atomic E-state index is -0.0417. The summed E-state index contributed by atoms with van der Waals surface area (Å²) in [4.78, 5) is 15.0. The first-order chi connectivity index (χ1) is 11.6. The van der Waals surface area contributed by atoms with Crippen molar-refractivity contribution >= 4 is 17.3 Å². The summed E-state index contributed by atoms with van der Waals surface area (Å²) in [5.41, 5.74) is 10.2. The van der Waals surface area contributed by atoms with Gasteiger partial charge in [0.1, 0.15) is 0 Å². The largest absolute Gasteiger partial charge is 0.493 e. The van der Waals surface area contributed by atoms with Gasteiger partial charge in [-0.05, 0) is 55.2 Å². The molecule has 0 saturated carbocycles. The third kappa shape index (κ3) is 2.66. The number of benzene rings is 2. The van der Waals surface area contributed by atoms with Crippen molar-refractivity contribution in [2.45, 2.75) is 19.8 Å². The van der Waals surface area contributed by atoms with Crippen molar-refractivity contribution in [3.63, 3.8) is 0 Å². The smallest absolute Gasteiger partial charge is 0.258 e. The number of anilines is 2. The Hall–Kier alpha value is -2.69. The topological polar surface area (TPSA) is 64.8 Å². The Kier molecular flexibility index (Phi) is 4.34. The number of carbonyl (C=O) groups excluding carboxylic acids is 1. The summed E-state index contributed by atoms with van der Waals surface area (Å²) in [5.74, 6) is 1.13. The molecule has 0 atom stereocenters. The van der Waals surface area contributed by atoms with E-state index in [1.807, 2.05) is 36.1 Å². The predicted octanol–water partition coefficient (Wildman–Crippen LogP) is 3.19. The number of hydrogen-bond donors (Lipinski definition) is 1. The molecule has 5 heteroatoms. The van der Waals surface area contributed by atoms with Crippen LogP contribution in [-0.2, 0) is 6.42 Å². The molecule has 1 aliphatic heterocycles. The summed E-state index contributed by atoms with van der Waals surface area (Å²) in [6.45, 7) is 2.59. The minimum absolute atomic E-state index is 0.0417. The molecule has 5 nitrogen and oxygen atoms in total. The molecule has 2 aromatic rings. The van der Waals surface area contributed by atoms with Crippen LogP contribution in [0.2, 0.25) is 0 Å². The number of aryl methyl sites for hydroxylation is 1. The van der Waals surface area contributed by atoms with Gasteiger partial charge < -0.3 is 20.1 Å². The predicted molar refractivity (Wildman–Crippen MR) is 95.1 cm³/mol. The third-order valence-corrected chi connectivity index (χ3v) is 4.49. The quantitative estimate of drug-likeness (QED) is 0.880. The number of amides is 1. The van der Waals surface area contributed by atoms with Gasteiger partial charge in [-0.1, -0.05) is 6.07 Å². The van der Waals surface area contributed by atoms with Crippen molar-refractivity contribution in [2.24, 2.45) is 0 Å². The van der Waals surface area contributed by atoms with Crippen molar-refractivity contribution in [3.05, 3.63) is 47.0 Å². The standard InChI is InChI=1S/C19H22N2O3/c1-12-10-17(23-2)18(24-3)11-14(12)19(22)21-9-5-6-13-15(20)7-4-8-16(13)21/h4,7-8,10-11H,5-6,9,20H2,1-3H3. The number of rotatable bonds is 3.